The van der Waals surface area contributed by atoms with Crippen LogP contribution in [-0.4, -0.2) is 27.4 Å². The van der Waals surface area contributed by atoms with Gasteiger partial charge in [0, 0.05) is 4.88 Å². The Morgan fingerprint density at radius 1 is 1.14 bits per heavy atom. The Kier molecular flexibility index (Phi) is 7.34. The van der Waals surface area contributed by atoms with Gasteiger partial charge in [-0.1, -0.05) is 68.1 Å². The van der Waals surface area contributed by atoms with Crippen LogP contribution in [0.2, 0.25) is 0 Å². The first-order valence-electron chi connectivity index (χ1n) is 12.2. The number of rotatable bonds is 7. The molecule has 0 unspecified atom stereocenters. The first-order chi connectivity index (χ1) is 17.5. The number of nitrogens with one attached hydrogen (secondary N) is 1. The van der Waals surface area contributed by atoms with Gasteiger partial charge in [0.1, 0.15) is 4.83 Å². The maximum atomic E-state index is 13.7. The van der Waals surface area contributed by atoms with Crippen molar-refractivity contribution in [1.82, 2.24) is 15.0 Å². The molecular formula is C28H28N4O2S2. The first-order valence-corrected chi connectivity index (χ1v) is 14.0. The molecule has 0 saturated carbocycles. The van der Waals surface area contributed by atoms with E-state index in [4.69, 9.17) is 4.98 Å². The molecule has 36 heavy (non-hydrogen) atoms. The zero-order valence-corrected chi connectivity index (χ0v) is 22.0. The number of aryl methyl sites for hydroxylation is 2. The lowest BCUT2D eigenvalue weighted by molar-refractivity contribution is -0.118. The number of thiophene rings is 1. The number of nitrogens with zero attached hydrogens (tertiary/aromatic N) is 3. The van der Waals surface area contributed by atoms with Gasteiger partial charge >= 0.3 is 0 Å². The molecule has 0 fully saturated rings. The van der Waals surface area contributed by atoms with Gasteiger partial charge in [-0.2, -0.15) is 5.10 Å². The van der Waals surface area contributed by atoms with Gasteiger partial charge in [-0.05, 0) is 60.4 Å². The van der Waals surface area contributed by atoms with Crippen molar-refractivity contribution in [2.24, 2.45) is 5.10 Å². The molecule has 184 valence electrons. The van der Waals surface area contributed by atoms with E-state index in [9.17, 15) is 9.59 Å². The molecule has 8 heteroatoms. The number of carbonyl (C=O) groups excluding carboxylic acids is 1. The van der Waals surface area contributed by atoms with Crippen LogP contribution in [0.5, 0.6) is 0 Å². The Labute approximate surface area is 218 Å². The number of carbonyl (C=O) groups is 1. The molecule has 2 aromatic heterocycles. The minimum atomic E-state index is -0.255. The van der Waals surface area contributed by atoms with E-state index >= 15 is 0 Å². The Bertz CT molecular complexity index is 1470. The zero-order chi connectivity index (χ0) is 25.1. The fraction of sp³-hybridized carbons (Fsp3) is 0.286. The summed E-state index contributed by atoms with van der Waals surface area (Å²) in [6.07, 6.45) is 5.81. The normalized spacial score (nSPS) is 13.4. The fourth-order valence-corrected chi connectivity index (χ4v) is 6.50. The summed E-state index contributed by atoms with van der Waals surface area (Å²) in [7, 11) is 0. The van der Waals surface area contributed by atoms with Gasteiger partial charge in [-0.25, -0.2) is 10.4 Å². The summed E-state index contributed by atoms with van der Waals surface area (Å²) in [4.78, 5) is 33.2. The van der Waals surface area contributed by atoms with Crippen LogP contribution >= 0.6 is 23.1 Å². The lowest BCUT2D eigenvalue weighted by Gasteiger charge is -2.13. The summed E-state index contributed by atoms with van der Waals surface area (Å²) in [5.74, 6) is 0.308. The van der Waals surface area contributed by atoms with Crippen molar-refractivity contribution >= 4 is 45.4 Å². The van der Waals surface area contributed by atoms with Crippen LogP contribution in [0.1, 0.15) is 54.2 Å². The van der Waals surface area contributed by atoms with Gasteiger partial charge in [-0.15, -0.1) is 11.3 Å². The molecule has 1 N–H and O–H groups in total. The van der Waals surface area contributed by atoms with Crippen LogP contribution in [-0.2, 0) is 17.6 Å². The number of fused-ring (bicyclic) bond motifs is 3. The van der Waals surface area contributed by atoms with E-state index in [1.165, 1.54) is 22.2 Å². The molecular weight excluding hydrogens is 488 g/mol. The number of hydrogen-bond donors (Lipinski definition) is 1. The topological polar surface area (TPSA) is 76.3 Å². The van der Waals surface area contributed by atoms with Crippen molar-refractivity contribution in [3.05, 3.63) is 86.5 Å². The maximum absolute atomic E-state index is 13.7. The number of hydrogen-bond acceptors (Lipinski definition) is 6. The van der Waals surface area contributed by atoms with E-state index in [0.29, 0.717) is 11.1 Å². The molecule has 0 bridgehead atoms. The summed E-state index contributed by atoms with van der Waals surface area (Å²) in [5.41, 5.74) is 6.61. The second-order valence-electron chi connectivity index (χ2n) is 9.16. The van der Waals surface area contributed by atoms with Crippen molar-refractivity contribution in [3.63, 3.8) is 0 Å². The van der Waals surface area contributed by atoms with E-state index in [-0.39, 0.29) is 17.2 Å². The lowest BCUT2D eigenvalue weighted by Crippen LogP contribution is -2.24. The van der Waals surface area contributed by atoms with Gasteiger partial charge in [-0.3, -0.25) is 14.2 Å². The third kappa shape index (κ3) is 5.15. The number of para-hydroxylation sites is 1. The predicted octanol–water partition coefficient (Wildman–Crippen LogP) is 5.69. The van der Waals surface area contributed by atoms with Crippen molar-refractivity contribution in [1.29, 1.82) is 0 Å². The van der Waals surface area contributed by atoms with Crippen molar-refractivity contribution < 1.29 is 4.79 Å². The third-order valence-electron chi connectivity index (χ3n) is 6.31. The van der Waals surface area contributed by atoms with Crippen LogP contribution in [0.25, 0.3) is 15.9 Å². The molecule has 0 aliphatic heterocycles. The lowest BCUT2D eigenvalue weighted by atomic mass is 9.97. The summed E-state index contributed by atoms with van der Waals surface area (Å²) in [6.45, 7) is 4.30. The summed E-state index contributed by atoms with van der Waals surface area (Å²) >= 11 is 2.87. The van der Waals surface area contributed by atoms with E-state index in [2.05, 4.69) is 36.5 Å². The molecule has 0 saturated heterocycles. The second-order valence-corrected chi connectivity index (χ2v) is 11.2. The Morgan fingerprint density at radius 2 is 1.89 bits per heavy atom. The summed E-state index contributed by atoms with van der Waals surface area (Å²) in [6, 6.07) is 17.6. The molecule has 2 heterocycles. The van der Waals surface area contributed by atoms with Gasteiger partial charge in [0.25, 0.3) is 11.5 Å². The van der Waals surface area contributed by atoms with Crippen LogP contribution in [0.3, 0.4) is 0 Å². The Morgan fingerprint density at radius 3 is 2.64 bits per heavy atom. The average molecular weight is 517 g/mol. The van der Waals surface area contributed by atoms with E-state index < -0.39 is 0 Å². The Balaban J connectivity index is 1.36. The summed E-state index contributed by atoms with van der Waals surface area (Å²) in [5, 5.41) is 5.35. The molecule has 4 aromatic rings. The predicted molar refractivity (Wildman–Crippen MR) is 149 cm³/mol. The number of amides is 1. The monoisotopic (exact) mass is 516 g/mol. The third-order valence-corrected chi connectivity index (χ3v) is 8.44. The van der Waals surface area contributed by atoms with Crippen LogP contribution in [0, 0.1) is 0 Å². The standard InChI is InChI=1S/C28H28N4O2S2/c1-18(2)20-14-12-19(13-15-20)16-29-31-24(33)17-35-28-30-26-25(22-10-6-7-11-23(22)36-26)27(34)32(28)21-8-4-3-5-9-21/h3-5,8-9,12-16,18H,6-7,10-11,17H2,1-2H3,(H,31,33). The highest BCUT2D eigenvalue weighted by molar-refractivity contribution is 7.99. The number of benzene rings is 2. The van der Waals surface area contributed by atoms with E-state index in [1.807, 2.05) is 42.5 Å². The van der Waals surface area contributed by atoms with Gasteiger partial charge in [0.15, 0.2) is 5.16 Å². The average Bonchev–Trinajstić information content (AvgIpc) is 3.27. The molecule has 1 aliphatic carbocycles. The van der Waals surface area contributed by atoms with E-state index in [1.54, 1.807) is 22.1 Å². The smallest absolute Gasteiger partial charge is 0.267 e. The highest BCUT2D eigenvalue weighted by atomic mass is 32.2. The van der Waals surface area contributed by atoms with Gasteiger partial charge < -0.3 is 0 Å². The fourth-order valence-electron chi connectivity index (χ4n) is 4.40. The number of thioether (sulfide) groups is 1. The molecule has 0 radical (unpaired) electrons. The highest BCUT2D eigenvalue weighted by Gasteiger charge is 2.23. The van der Waals surface area contributed by atoms with Gasteiger partial charge in [0.05, 0.1) is 23.0 Å². The molecule has 0 atom stereocenters. The van der Waals surface area contributed by atoms with Crippen molar-refractivity contribution in [3.8, 4) is 5.69 Å². The molecule has 1 aliphatic rings. The highest BCUT2D eigenvalue weighted by Crippen LogP contribution is 2.35. The Hall–Kier alpha value is -3.23. The maximum Gasteiger partial charge on any atom is 0.267 e. The van der Waals surface area contributed by atoms with Gasteiger partial charge in [0.2, 0.25) is 0 Å². The van der Waals surface area contributed by atoms with E-state index in [0.717, 1.165) is 52.7 Å². The largest absolute Gasteiger partial charge is 0.272 e. The molecule has 0 spiro atoms. The minimum Gasteiger partial charge on any atom is -0.272 e. The van der Waals surface area contributed by atoms with Crippen molar-refractivity contribution in [2.75, 3.05) is 5.75 Å². The molecule has 2 aromatic carbocycles. The number of aromatic nitrogens is 2. The molecule has 1 amide bonds. The van der Waals surface area contributed by atoms with Crippen molar-refractivity contribution in [2.45, 2.75) is 50.6 Å². The number of hydrazone groups is 1. The molecule has 6 nitrogen and oxygen atoms in total. The minimum absolute atomic E-state index is 0.0589. The second kappa shape index (κ2) is 10.8. The first kappa shape index (κ1) is 24.5. The zero-order valence-electron chi connectivity index (χ0n) is 20.4. The van der Waals surface area contributed by atoms with Crippen LogP contribution < -0.4 is 11.0 Å². The van der Waals surface area contributed by atoms with Crippen LogP contribution in [0.15, 0.2) is 69.6 Å². The van der Waals surface area contributed by atoms with Crippen LogP contribution in [0.4, 0.5) is 0 Å². The summed E-state index contributed by atoms with van der Waals surface area (Å²) < 4.78 is 1.64. The quantitative estimate of drug-likeness (QED) is 0.148. The molecule has 5 rings (SSSR count). The SMILES string of the molecule is CC(C)c1ccc(C=NNC(=O)CSc2nc3sc4c(c3c(=O)n2-c2ccccc2)CCCC4)cc1.